The van der Waals surface area contributed by atoms with Crippen LogP contribution in [0.1, 0.15) is 55.4 Å². The molecular weight excluding hydrogens is 617 g/mol. The van der Waals surface area contributed by atoms with Crippen molar-refractivity contribution < 1.29 is 0 Å². The van der Waals surface area contributed by atoms with E-state index < -0.39 is 0 Å². The Labute approximate surface area is 301 Å². The first kappa shape index (κ1) is 31.1. The Balaban J connectivity index is 1.13. The largest absolute Gasteiger partial charge is 0.314 e. The van der Waals surface area contributed by atoms with E-state index in [1.165, 1.54) is 78.0 Å². The molecule has 9 rings (SSSR count). The molecule has 2 nitrogen and oxygen atoms in total. The van der Waals surface area contributed by atoms with Crippen LogP contribution in [-0.4, -0.2) is 4.57 Å². The van der Waals surface area contributed by atoms with Gasteiger partial charge in [0, 0.05) is 39.7 Å². The number of anilines is 2. The Morgan fingerprint density at radius 2 is 1.51 bits per heavy atom. The van der Waals surface area contributed by atoms with E-state index >= 15 is 0 Å². The van der Waals surface area contributed by atoms with Crippen LogP contribution >= 0.6 is 0 Å². The second-order valence-corrected chi connectivity index (χ2v) is 14.2. The third-order valence-corrected chi connectivity index (χ3v) is 11.0. The van der Waals surface area contributed by atoms with Gasteiger partial charge in [0.05, 0.1) is 16.7 Å². The number of hydrogen-bond donors (Lipinski definition) is 0. The molecule has 1 unspecified atom stereocenters. The third-order valence-electron chi connectivity index (χ3n) is 11.0. The van der Waals surface area contributed by atoms with Crippen LogP contribution in [0.4, 0.5) is 11.4 Å². The number of benzene rings is 5. The highest BCUT2D eigenvalue weighted by molar-refractivity contribution is 6.13. The molecule has 2 heterocycles. The van der Waals surface area contributed by atoms with Gasteiger partial charge in [-0.2, -0.15) is 0 Å². The fourth-order valence-corrected chi connectivity index (χ4v) is 8.28. The molecule has 0 bridgehead atoms. The van der Waals surface area contributed by atoms with Gasteiger partial charge in [0.1, 0.15) is 0 Å². The zero-order chi connectivity index (χ0) is 34.4. The predicted molar refractivity (Wildman–Crippen MR) is 218 cm³/mol. The molecule has 0 fully saturated rings. The molecule has 1 aliphatic heterocycles. The lowest BCUT2D eigenvalue weighted by molar-refractivity contribution is 0.601. The van der Waals surface area contributed by atoms with E-state index in [-0.39, 0.29) is 5.41 Å². The minimum atomic E-state index is 0.00994. The Kier molecular flexibility index (Phi) is 7.81. The third kappa shape index (κ3) is 5.43. The van der Waals surface area contributed by atoms with Crippen molar-refractivity contribution in [3.05, 3.63) is 198 Å². The van der Waals surface area contributed by atoms with Crippen LogP contribution in [0.3, 0.4) is 0 Å². The van der Waals surface area contributed by atoms with Crippen molar-refractivity contribution in [2.45, 2.75) is 44.9 Å². The normalized spacial score (nSPS) is 19.3. The summed E-state index contributed by atoms with van der Waals surface area (Å²) in [4.78, 5) is 2.46. The quantitative estimate of drug-likeness (QED) is 0.173. The molecule has 6 aromatic rings. The van der Waals surface area contributed by atoms with Gasteiger partial charge in [0.25, 0.3) is 0 Å². The second-order valence-electron chi connectivity index (χ2n) is 14.2. The van der Waals surface area contributed by atoms with Crippen LogP contribution in [0.2, 0.25) is 0 Å². The molecule has 0 spiro atoms. The van der Waals surface area contributed by atoms with Crippen molar-refractivity contribution in [2.24, 2.45) is 0 Å². The van der Waals surface area contributed by atoms with E-state index in [1.807, 2.05) is 0 Å². The molecule has 2 heteroatoms. The monoisotopic (exact) mass is 658 g/mol. The van der Waals surface area contributed by atoms with E-state index in [2.05, 4.69) is 193 Å². The van der Waals surface area contributed by atoms with Gasteiger partial charge in [0.2, 0.25) is 0 Å². The number of para-hydroxylation sites is 1. The fourth-order valence-electron chi connectivity index (χ4n) is 8.28. The summed E-state index contributed by atoms with van der Waals surface area (Å²) in [6.07, 6.45) is 24.7. The first-order chi connectivity index (χ1) is 25.1. The summed E-state index contributed by atoms with van der Waals surface area (Å²) >= 11 is 0. The summed E-state index contributed by atoms with van der Waals surface area (Å²) in [6.45, 7) is 4.42. The molecule has 0 saturated heterocycles. The van der Waals surface area contributed by atoms with Gasteiger partial charge in [-0.05, 0) is 108 Å². The minimum absolute atomic E-state index is 0.00994. The maximum Gasteiger partial charge on any atom is 0.0545 e. The van der Waals surface area contributed by atoms with Gasteiger partial charge in [-0.15, -0.1) is 0 Å². The van der Waals surface area contributed by atoms with Crippen LogP contribution in [0.25, 0.3) is 38.6 Å². The Hall–Kier alpha value is -5.86. The van der Waals surface area contributed by atoms with Crippen molar-refractivity contribution in [2.75, 3.05) is 4.90 Å². The number of aromatic nitrogens is 1. The van der Waals surface area contributed by atoms with Gasteiger partial charge in [-0.3, -0.25) is 0 Å². The van der Waals surface area contributed by atoms with Crippen molar-refractivity contribution in [3.8, 4) is 5.69 Å². The van der Waals surface area contributed by atoms with Crippen LogP contribution in [0.5, 0.6) is 0 Å². The molecule has 0 amide bonds. The topological polar surface area (TPSA) is 8.17 Å². The summed E-state index contributed by atoms with van der Waals surface area (Å²) in [6, 6.07) is 42.6. The molecule has 2 aliphatic carbocycles. The van der Waals surface area contributed by atoms with Crippen LogP contribution in [-0.2, 0) is 11.8 Å². The van der Waals surface area contributed by atoms with Crippen LogP contribution in [0.15, 0.2) is 176 Å². The molecule has 0 N–H and O–H groups in total. The summed E-state index contributed by atoms with van der Waals surface area (Å²) < 4.78 is 2.47. The number of allylic oxidation sites excluding steroid dienone is 12. The first-order valence-corrected chi connectivity index (χ1v) is 18.3. The van der Waals surface area contributed by atoms with Gasteiger partial charge < -0.3 is 9.47 Å². The fraction of sp³-hybridized carbons (Fsp3) is 0.143. The van der Waals surface area contributed by atoms with E-state index in [4.69, 9.17) is 0 Å². The highest BCUT2D eigenvalue weighted by Gasteiger charge is 2.30. The lowest BCUT2D eigenvalue weighted by Crippen LogP contribution is -2.19. The zero-order valence-electron chi connectivity index (χ0n) is 29.4. The summed E-state index contributed by atoms with van der Waals surface area (Å²) in [5.41, 5.74) is 15.3. The average molecular weight is 659 g/mol. The molecule has 0 radical (unpaired) electrons. The van der Waals surface area contributed by atoms with Gasteiger partial charge >= 0.3 is 0 Å². The lowest BCUT2D eigenvalue weighted by atomic mass is 9.75. The minimum Gasteiger partial charge on any atom is -0.314 e. The Morgan fingerprint density at radius 3 is 2.29 bits per heavy atom. The van der Waals surface area contributed by atoms with E-state index in [9.17, 15) is 0 Å². The molecule has 0 saturated carbocycles. The van der Waals surface area contributed by atoms with E-state index in [0.29, 0.717) is 0 Å². The average Bonchev–Trinajstić information content (AvgIpc) is 3.74. The van der Waals surface area contributed by atoms with Crippen LogP contribution in [0, 0.1) is 0 Å². The Morgan fingerprint density at radius 1 is 0.686 bits per heavy atom. The number of nitrogens with zero attached hydrogens (tertiary/aromatic N) is 2. The summed E-state index contributed by atoms with van der Waals surface area (Å²) in [7, 11) is 0. The SMILES string of the molecule is C/C=C\C=C1/Cc2c(ccc3c2c2ccccc2n3-c2cccc(C3=CCC(C)(c4ccccc4)C=C3)c2)N1c1ccc(C2=CCCC=C2)cc1. The predicted octanol–water partition coefficient (Wildman–Crippen LogP) is 13.0. The molecule has 1 atom stereocenters. The zero-order valence-corrected chi connectivity index (χ0v) is 29.4. The van der Waals surface area contributed by atoms with Gasteiger partial charge in [0.15, 0.2) is 0 Å². The molecule has 3 aliphatic rings. The van der Waals surface area contributed by atoms with Crippen molar-refractivity contribution in [3.63, 3.8) is 0 Å². The van der Waals surface area contributed by atoms with Crippen molar-refractivity contribution in [1.82, 2.24) is 4.57 Å². The van der Waals surface area contributed by atoms with Crippen molar-refractivity contribution >= 4 is 44.3 Å². The molecular formula is C49H42N2. The second kappa shape index (κ2) is 12.8. The highest BCUT2D eigenvalue weighted by Crippen LogP contribution is 2.47. The van der Waals surface area contributed by atoms with Gasteiger partial charge in [-0.25, -0.2) is 0 Å². The standard InChI is InChI=1S/C49H42N2/c1-3-4-19-42-34-44-46(50(42)40-25-23-36(24-26-40)35-14-7-5-8-15-35)27-28-47-48(44)43-21-11-12-22-45(43)51(47)41-20-13-16-38(33-41)37-29-31-49(2,32-30-37)39-17-9-6-10-18-39/h3-4,6-7,9-31,33H,5,8,32,34H2,1-2H3/b4-3-,42-19+. The maximum absolute atomic E-state index is 2.47. The van der Waals surface area contributed by atoms with Crippen molar-refractivity contribution in [1.29, 1.82) is 0 Å². The summed E-state index contributed by atoms with van der Waals surface area (Å²) in [5, 5.41) is 2.63. The summed E-state index contributed by atoms with van der Waals surface area (Å²) in [5.74, 6) is 0. The van der Waals surface area contributed by atoms with Gasteiger partial charge in [-0.1, -0.05) is 128 Å². The highest BCUT2D eigenvalue weighted by atomic mass is 15.2. The van der Waals surface area contributed by atoms with Crippen LogP contribution < -0.4 is 4.90 Å². The molecule has 51 heavy (non-hydrogen) atoms. The van der Waals surface area contributed by atoms with E-state index in [1.54, 1.807) is 0 Å². The molecule has 1 aromatic heterocycles. The number of fused-ring (bicyclic) bond motifs is 5. The molecule has 5 aromatic carbocycles. The maximum atomic E-state index is 2.47. The molecule has 248 valence electrons. The lowest BCUT2D eigenvalue weighted by Gasteiger charge is -2.29. The first-order valence-electron chi connectivity index (χ1n) is 18.3. The van der Waals surface area contributed by atoms with E-state index in [0.717, 1.165) is 25.7 Å². The number of hydrogen-bond acceptors (Lipinski definition) is 1. The number of rotatable bonds is 6. The smallest absolute Gasteiger partial charge is 0.0545 e. The Bertz CT molecular complexity index is 2480.